The van der Waals surface area contributed by atoms with Crippen LogP contribution in [0.25, 0.3) is 0 Å². The molecule has 7 heteroatoms. The summed E-state index contributed by atoms with van der Waals surface area (Å²) in [6, 6.07) is 3.76. The van der Waals surface area contributed by atoms with E-state index in [9.17, 15) is 17.6 Å². The summed E-state index contributed by atoms with van der Waals surface area (Å²) < 4.78 is 36.1. The third-order valence-corrected chi connectivity index (χ3v) is 4.20. The molecule has 21 heavy (non-hydrogen) atoms. The molecular formula is C14H16FNO4S. The SMILES string of the molecule is CC(C(=O)Nc1ccc(F)c(C#CCCO)c1)S(C)(=O)=O. The Bertz CT molecular complexity index is 689. The van der Waals surface area contributed by atoms with Gasteiger partial charge in [0, 0.05) is 18.4 Å². The quantitative estimate of drug-likeness (QED) is 0.810. The Balaban J connectivity index is 2.94. The lowest BCUT2D eigenvalue weighted by Gasteiger charge is -2.10. The van der Waals surface area contributed by atoms with Gasteiger partial charge >= 0.3 is 0 Å². The molecule has 0 aliphatic carbocycles. The Kier molecular flexibility index (Phi) is 5.88. The van der Waals surface area contributed by atoms with Gasteiger partial charge < -0.3 is 10.4 Å². The Labute approximate surface area is 123 Å². The van der Waals surface area contributed by atoms with E-state index in [2.05, 4.69) is 17.2 Å². The first-order valence-electron chi connectivity index (χ1n) is 6.14. The van der Waals surface area contributed by atoms with Crippen molar-refractivity contribution in [2.24, 2.45) is 0 Å². The largest absolute Gasteiger partial charge is 0.395 e. The van der Waals surface area contributed by atoms with Crippen LogP contribution in [0.1, 0.15) is 18.9 Å². The summed E-state index contributed by atoms with van der Waals surface area (Å²) in [5.41, 5.74) is 0.318. The van der Waals surface area contributed by atoms with Crippen LogP contribution in [0.5, 0.6) is 0 Å². The second-order valence-electron chi connectivity index (χ2n) is 4.43. The average molecular weight is 313 g/mol. The lowest BCUT2D eigenvalue weighted by molar-refractivity contribution is -0.115. The number of hydrogen-bond acceptors (Lipinski definition) is 4. The fourth-order valence-corrected chi connectivity index (χ4v) is 1.80. The minimum absolute atomic E-state index is 0.0632. The number of aliphatic hydroxyl groups excluding tert-OH is 1. The van der Waals surface area contributed by atoms with Gasteiger partial charge in [-0.05, 0) is 25.1 Å². The third-order valence-electron chi connectivity index (χ3n) is 2.71. The number of benzene rings is 1. The number of carbonyl (C=O) groups is 1. The van der Waals surface area contributed by atoms with E-state index in [4.69, 9.17) is 5.11 Å². The summed E-state index contributed by atoms with van der Waals surface area (Å²) in [5, 5.41) is 9.82. The zero-order chi connectivity index (χ0) is 16.0. The topological polar surface area (TPSA) is 83.5 Å². The van der Waals surface area contributed by atoms with Crippen LogP contribution >= 0.6 is 0 Å². The lowest BCUT2D eigenvalue weighted by atomic mass is 10.2. The average Bonchev–Trinajstić information content (AvgIpc) is 2.40. The van der Waals surface area contributed by atoms with Crippen molar-refractivity contribution in [2.75, 3.05) is 18.2 Å². The van der Waals surface area contributed by atoms with Crippen molar-refractivity contribution in [3.63, 3.8) is 0 Å². The van der Waals surface area contributed by atoms with Crippen LogP contribution in [0.4, 0.5) is 10.1 Å². The molecule has 1 unspecified atom stereocenters. The van der Waals surface area contributed by atoms with Crippen molar-refractivity contribution in [2.45, 2.75) is 18.6 Å². The van der Waals surface area contributed by atoms with Crippen molar-refractivity contribution < 1.29 is 22.7 Å². The normalized spacial score (nSPS) is 12.2. The number of amides is 1. The molecule has 0 radical (unpaired) electrons. The summed E-state index contributed by atoms with van der Waals surface area (Å²) in [6.07, 6.45) is 1.18. The van der Waals surface area contributed by atoms with Crippen LogP contribution in [-0.4, -0.2) is 37.5 Å². The van der Waals surface area contributed by atoms with E-state index < -0.39 is 26.8 Å². The summed E-state index contributed by atoms with van der Waals surface area (Å²) in [5.74, 6) is 3.85. The highest BCUT2D eigenvalue weighted by molar-refractivity contribution is 7.92. The minimum atomic E-state index is -3.50. The van der Waals surface area contributed by atoms with Gasteiger partial charge in [-0.1, -0.05) is 11.8 Å². The van der Waals surface area contributed by atoms with Crippen LogP contribution in [-0.2, 0) is 14.6 Å². The molecule has 114 valence electrons. The first-order chi connectivity index (χ1) is 9.75. The first-order valence-corrected chi connectivity index (χ1v) is 8.10. The zero-order valence-corrected chi connectivity index (χ0v) is 12.5. The second kappa shape index (κ2) is 7.20. The smallest absolute Gasteiger partial charge is 0.242 e. The van der Waals surface area contributed by atoms with Gasteiger partial charge in [-0.3, -0.25) is 4.79 Å². The number of aliphatic hydroxyl groups is 1. The molecule has 0 spiro atoms. The number of anilines is 1. The van der Waals surface area contributed by atoms with E-state index in [0.717, 1.165) is 12.3 Å². The van der Waals surface area contributed by atoms with E-state index in [1.165, 1.54) is 19.1 Å². The second-order valence-corrected chi connectivity index (χ2v) is 6.80. The van der Waals surface area contributed by atoms with Gasteiger partial charge in [0.15, 0.2) is 9.84 Å². The maximum Gasteiger partial charge on any atom is 0.242 e. The Morgan fingerprint density at radius 2 is 2.14 bits per heavy atom. The van der Waals surface area contributed by atoms with Crippen LogP contribution in [0.15, 0.2) is 18.2 Å². The van der Waals surface area contributed by atoms with Gasteiger partial charge in [-0.15, -0.1) is 0 Å². The molecule has 1 aromatic carbocycles. The molecule has 0 saturated carbocycles. The predicted molar refractivity (Wildman–Crippen MR) is 77.9 cm³/mol. The van der Waals surface area contributed by atoms with Crippen molar-refractivity contribution in [1.82, 2.24) is 0 Å². The molecular weight excluding hydrogens is 297 g/mol. The summed E-state index contributed by atoms with van der Waals surface area (Å²) >= 11 is 0. The number of nitrogens with one attached hydrogen (secondary N) is 1. The number of rotatable bonds is 4. The maximum atomic E-state index is 13.5. The Morgan fingerprint density at radius 1 is 1.48 bits per heavy atom. The number of carbonyl (C=O) groups excluding carboxylic acids is 1. The lowest BCUT2D eigenvalue weighted by Crippen LogP contribution is -2.31. The highest BCUT2D eigenvalue weighted by atomic mass is 32.2. The van der Waals surface area contributed by atoms with Crippen LogP contribution in [0.3, 0.4) is 0 Å². The highest BCUT2D eigenvalue weighted by Gasteiger charge is 2.23. The summed E-state index contributed by atoms with van der Waals surface area (Å²) in [4.78, 5) is 11.8. The molecule has 5 nitrogen and oxygen atoms in total. The molecule has 0 aliphatic rings. The van der Waals surface area contributed by atoms with Gasteiger partial charge in [-0.25, -0.2) is 12.8 Å². The fraction of sp³-hybridized carbons (Fsp3) is 0.357. The molecule has 0 saturated heterocycles. The molecule has 0 fully saturated rings. The molecule has 1 atom stereocenters. The van der Waals surface area contributed by atoms with Crippen LogP contribution in [0.2, 0.25) is 0 Å². The fourth-order valence-electron chi connectivity index (χ4n) is 1.35. The van der Waals surface area contributed by atoms with Crippen molar-refractivity contribution in [3.05, 3.63) is 29.6 Å². The van der Waals surface area contributed by atoms with Crippen molar-refractivity contribution in [3.8, 4) is 11.8 Å². The molecule has 0 bridgehead atoms. The van der Waals surface area contributed by atoms with Crippen molar-refractivity contribution in [1.29, 1.82) is 0 Å². The van der Waals surface area contributed by atoms with E-state index in [0.29, 0.717) is 0 Å². The predicted octanol–water partition coefficient (Wildman–Crippen LogP) is 0.931. The van der Waals surface area contributed by atoms with Crippen LogP contribution < -0.4 is 5.32 Å². The standard InChI is InChI=1S/C14H16FNO4S/c1-10(21(2,19)20)14(18)16-12-6-7-13(15)11(9-12)5-3-4-8-17/h6-7,9-10,17H,4,8H2,1-2H3,(H,16,18). The van der Waals surface area contributed by atoms with E-state index in [1.54, 1.807) is 0 Å². The highest BCUT2D eigenvalue weighted by Crippen LogP contribution is 2.15. The molecule has 1 aromatic rings. The van der Waals surface area contributed by atoms with Gasteiger partial charge in [0.25, 0.3) is 0 Å². The monoisotopic (exact) mass is 313 g/mol. The molecule has 2 N–H and O–H groups in total. The van der Waals surface area contributed by atoms with Gasteiger partial charge in [-0.2, -0.15) is 0 Å². The Morgan fingerprint density at radius 3 is 2.71 bits per heavy atom. The molecule has 0 aromatic heterocycles. The molecule has 0 heterocycles. The van der Waals surface area contributed by atoms with Crippen LogP contribution in [0, 0.1) is 17.7 Å². The van der Waals surface area contributed by atoms with E-state index in [-0.39, 0.29) is 24.3 Å². The summed E-state index contributed by atoms with van der Waals surface area (Å²) in [7, 11) is -3.50. The van der Waals surface area contributed by atoms with Gasteiger partial charge in [0.1, 0.15) is 11.1 Å². The van der Waals surface area contributed by atoms with E-state index in [1.807, 2.05) is 0 Å². The number of sulfone groups is 1. The molecule has 0 aliphatic heterocycles. The number of halogens is 1. The Hall–Kier alpha value is -1.91. The zero-order valence-electron chi connectivity index (χ0n) is 11.7. The summed E-state index contributed by atoms with van der Waals surface area (Å²) in [6.45, 7) is 1.15. The maximum absolute atomic E-state index is 13.5. The third kappa shape index (κ3) is 5.17. The van der Waals surface area contributed by atoms with Gasteiger partial charge in [0.2, 0.25) is 5.91 Å². The van der Waals surface area contributed by atoms with Gasteiger partial charge in [0.05, 0.1) is 12.2 Å². The first kappa shape index (κ1) is 17.1. The molecule has 1 amide bonds. The number of hydrogen-bond donors (Lipinski definition) is 2. The van der Waals surface area contributed by atoms with E-state index >= 15 is 0 Å². The molecule has 1 rings (SSSR count). The minimum Gasteiger partial charge on any atom is -0.395 e. The van der Waals surface area contributed by atoms with Crippen molar-refractivity contribution >= 4 is 21.4 Å².